The molecular formula is C30H35N7O3. The highest BCUT2D eigenvalue weighted by molar-refractivity contribution is 5.98. The molecule has 2 aromatic rings. The summed E-state index contributed by atoms with van der Waals surface area (Å²) < 4.78 is 0. The predicted octanol–water partition coefficient (Wildman–Crippen LogP) is 1.35. The average Bonchev–Trinajstić information content (AvgIpc) is 3.64. The normalized spacial score (nSPS) is 22.5. The van der Waals surface area contributed by atoms with Crippen molar-refractivity contribution in [2.24, 2.45) is 17.4 Å². The van der Waals surface area contributed by atoms with Gasteiger partial charge in [-0.05, 0) is 91.5 Å². The Morgan fingerprint density at radius 1 is 1.07 bits per heavy atom. The molecule has 1 saturated carbocycles. The molecule has 0 spiro atoms. The third-order valence-corrected chi connectivity index (χ3v) is 8.80. The minimum Gasteiger partial charge on any atom is -0.376 e. The largest absolute Gasteiger partial charge is 0.376 e. The first-order valence-corrected chi connectivity index (χ1v) is 13.7. The number of likely N-dealkylation sites (tertiary alicyclic amines) is 1. The van der Waals surface area contributed by atoms with Crippen LogP contribution in [0.4, 0.5) is 0 Å². The number of nitriles is 1. The first kappa shape index (κ1) is 27.3. The molecule has 0 bridgehead atoms. The Kier molecular flexibility index (Phi) is 7.10. The van der Waals surface area contributed by atoms with E-state index in [9.17, 15) is 25.1 Å². The van der Waals surface area contributed by atoms with Crippen LogP contribution in [0.25, 0.3) is 0 Å². The van der Waals surface area contributed by atoms with Gasteiger partial charge in [0.25, 0.3) is 0 Å². The van der Waals surface area contributed by atoms with Crippen molar-refractivity contribution in [2.45, 2.75) is 62.6 Å². The number of hydrogen-bond acceptors (Lipinski definition) is 6. The monoisotopic (exact) mass is 541 g/mol. The number of primary amides is 2. The molecule has 0 radical (unpaired) electrons. The highest BCUT2D eigenvalue weighted by atomic mass is 16.2. The average molecular weight is 542 g/mol. The van der Waals surface area contributed by atoms with Crippen LogP contribution in [-0.2, 0) is 23.1 Å². The minimum atomic E-state index is -0.970. The first-order valence-electron chi connectivity index (χ1n) is 13.7. The molecule has 4 atom stereocenters. The molecule has 7 N–H and O–H groups in total. The Morgan fingerprint density at radius 2 is 1.65 bits per heavy atom. The van der Waals surface area contributed by atoms with E-state index in [0.717, 1.165) is 35.1 Å². The number of fused-ring (bicyclic) bond motifs is 3. The summed E-state index contributed by atoms with van der Waals surface area (Å²) in [6.07, 6.45) is 3.30. The fourth-order valence-corrected chi connectivity index (χ4v) is 6.77. The number of piperidine rings is 1. The van der Waals surface area contributed by atoms with Gasteiger partial charge in [-0.3, -0.25) is 19.8 Å². The smallest absolute Gasteiger partial charge is 0.248 e. The van der Waals surface area contributed by atoms with Crippen molar-refractivity contribution >= 4 is 23.6 Å². The van der Waals surface area contributed by atoms with Gasteiger partial charge >= 0.3 is 0 Å². The van der Waals surface area contributed by atoms with Crippen LogP contribution in [0.1, 0.15) is 69.2 Å². The van der Waals surface area contributed by atoms with Gasteiger partial charge in [-0.2, -0.15) is 5.26 Å². The fraction of sp³-hybridized carbons (Fsp3) is 0.433. The maximum Gasteiger partial charge on any atom is 0.248 e. The molecule has 2 aromatic carbocycles. The van der Waals surface area contributed by atoms with Crippen molar-refractivity contribution in [3.05, 3.63) is 69.8 Å². The van der Waals surface area contributed by atoms with Crippen LogP contribution in [-0.4, -0.2) is 60.2 Å². The van der Waals surface area contributed by atoms with E-state index in [1.54, 1.807) is 36.2 Å². The molecule has 40 heavy (non-hydrogen) atoms. The van der Waals surface area contributed by atoms with Gasteiger partial charge in [0.15, 0.2) is 0 Å². The summed E-state index contributed by atoms with van der Waals surface area (Å²) in [5.41, 5.74) is 14.5. The molecule has 3 aliphatic rings. The lowest BCUT2D eigenvalue weighted by Gasteiger charge is -2.39. The van der Waals surface area contributed by atoms with Gasteiger partial charge in [-0.15, -0.1) is 0 Å². The van der Waals surface area contributed by atoms with Gasteiger partial charge in [0, 0.05) is 30.3 Å². The third kappa shape index (κ3) is 4.60. The Balaban J connectivity index is 1.53. The third-order valence-electron chi connectivity index (χ3n) is 8.80. The number of rotatable bonds is 8. The molecule has 10 nitrogen and oxygen atoms in total. The van der Waals surface area contributed by atoms with E-state index in [1.807, 2.05) is 19.1 Å². The summed E-state index contributed by atoms with van der Waals surface area (Å²) in [5.74, 6) is -0.446. The lowest BCUT2D eigenvalue weighted by molar-refractivity contribution is -0.131. The second-order valence-corrected chi connectivity index (χ2v) is 11.2. The molecule has 1 unspecified atom stereocenters. The Hall–Kier alpha value is -4.23. The zero-order chi connectivity index (χ0) is 28.8. The molecule has 2 fully saturated rings. The SMILES string of the molecule is CNC(=N)C1(C[C@@H](C)NCC(=O)N2C(C#N)C[C@@H]3C[C@@H]32)c2ccc(C(N)=O)cc2CCc2cc(C(N)=O)ccc21. The number of benzene rings is 2. The van der Waals surface area contributed by atoms with E-state index in [0.29, 0.717) is 36.3 Å². The van der Waals surface area contributed by atoms with Crippen molar-refractivity contribution in [1.29, 1.82) is 10.7 Å². The van der Waals surface area contributed by atoms with Gasteiger partial charge < -0.3 is 27.0 Å². The molecule has 0 aromatic heterocycles. The van der Waals surface area contributed by atoms with Gasteiger partial charge in [0.05, 0.1) is 18.0 Å². The zero-order valence-corrected chi connectivity index (χ0v) is 22.8. The minimum absolute atomic E-state index is 0.0833. The summed E-state index contributed by atoms with van der Waals surface area (Å²) >= 11 is 0. The van der Waals surface area contributed by atoms with Gasteiger partial charge in [-0.25, -0.2) is 0 Å². The highest BCUT2D eigenvalue weighted by Crippen LogP contribution is 2.48. The van der Waals surface area contributed by atoms with Crippen molar-refractivity contribution < 1.29 is 14.4 Å². The summed E-state index contributed by atoms with van der Waals surface area (Å²) in [7, 11) is 1.70. The number of amidine groups is 1. The molecule has 3 amide bonds. The lowest BCUT2D eigenvalue weighted by Crippen LogP contribution is -2.50. The van der Waals surface area contributed by atoms with E-state index in [1.165, 1.54) is 0 Å². The Morgan fingerprint density at radius 3 is 2.15 bits per heavy atom. The summed E-state index contributed by atoms with van der Waals surface area (Å²) in [6.45, 7) is 2.07. The molecule has 5 rings (SSSR count). The lowest BCUT2D eigenvalue weighted by atomic mass is 9.67. The van der Waals surface area contributed by atoms with Gasteiger partial charge in [-0.1, -0.05) is 12.1 Å². The van der Waals surface area contributed by atoms with Crippen LogP contribution in [0.15, 0.2) is 36.4 Å². The van der Waals surface area contributed by atoms with Crippen LogP contribution >= 0.6 is 0 Å². The molecule has 1 saturated heterocycles. The van der Waals surface area contributed by atoms with Crippen molar-refractivity contribution in [3.63, 3.8) is 0 Å². The molecule has 2 aliphatic carbocycles. The molecular weight excluding hydrogens is 506 g/mol. The topological polar surface area (TPSA) is 178 Å². The summed E-state index contributed by atoms with van der Waals surface area (Å²) in [5, 5.41) is 25.1. The molecule has 10 heteroatoms. The number of nitrogens with one attached hydrogen (secondary N) is 3. The van der Waals surface area contributed by atoms with Crippen molar-refractivity contribution in [2.75, 3.05) is 13.6 Å². The zero-order valence-electron chi connectivity index (χ0n) is 22.8. The quantitative estimate of drug-likeness (QED) is 0.249. The number of nitrogens with two attached hydrogens (primary N) is 2. The summed E-state index contributed by atoms with van der Waals surface area (Å²) in [6, 6.07) is 12.5. The first-order chi connectivity index (χ1) is 19.1. The van der Waals surface area contributed by atoms with E-state index in [4.69, 9.17) is 11.5 Å². The summed E-state index contributed by atoms with van der Waals surface area (Å²) in [4.78, 5) is 38.9. The Labute approximate surface area is 233 Å². The van der Waals surface area contributed by atoms with E-state index >= 15 is 0 Å². The molecule has 208 valence electrons. The number of carbonyl (C=O) groups excluding carboxylic acids is 3. The number of likely N-dealkylation sites (N-methyl/N-ethyl adjacent to an activating group) is 1. The number of amides is 3. The van der Waals surface area contributed by atoms with E-state index in [2.05, 4.69) is 16.7 Å². The molecule has 1 aliphatic heterocycles. The van der Waals surface area contributed by atoms with Crippen LogP contribution in [0.2, 0.25) is 0 Å². The standard InChI is InChI=1S/C30H35N7O3/c1-16(36-15-26(38)37-22(14-31)11-21-12-25(21)37)13-30(29(34)35-2)23-7-5-19(27(32)39)9-17(23)3-4-18-10-20(28(33)40)6-8-24(18)30/h5-10,16,21-22,25,36H,3-4,11-13,15H2,1-2H3,(H2,32,39)(H2,33,40)(H2,34,35)/t16-,21-,22?,25+/m1/s1. The second-order valence-electron chi connectivity index (χ2n) is 11.2. The van der Waals surface area contributed by atoms with Crippen LogP contribution in [0.3, 0.4) is 0 Å². The van der Waals surface area contributed by atoms with Crippen LogP contribution < -0.4 is 22.1 Å². The van der Waals surface area contributed by atoms with E-state index in [-0.39, 0.29) is 36.4 Å². The number of carbonyl (C=O) groups is 3. The van der Waals surface area contributed by atoms with Crippen molar-refractivity contribution in [1.82, 2.24) is 15.5 Å². The van der Waals surface area contributed by atoms with E-state index < -0.39 is 17.2 Å². The van der Waals surface area contributed by atoms with Crippen LogP contribution in [0, 0.1) is 22.7 Å². The number of aryl methyl sites for hydroxylation is 2. The maximum atomic E-state index is 13.1. The second kappa shape index (κ2) is 10.4. The van der Waals surface area contributed by atoms with Gasteiger partial charge in [0.2, 0.25) is 17.7 Å². The highest BCUT2D eigenvalue weighted by Gasteiger charge is 2.54. The fourth-order valence-electron chi connectivity index (χ4n) is 6.77. The Bertz CT molecular complexity index is 1380. The van der Waals surface area contributed by atoms with Crippen LogP contribution in [0.5, 0.6) is 0 Å². The van der Waals surface area contributed by atoms with Gasteiger partial charge in [0.1, 0.15) is 11.9 Å². The number of nitrogens with zero attached hydrogens (tertiary/aromatic N) is 2. The number of hydrogen-bond donors (Lipinski definition) is 5. The molecule has 1 heterocycles. The maximum absolute atomic E-state index is 13.1. The predicted molar refractivity (Wildman–Crippen MR) is 150 cm³/mol. The van der Waals surface area contributed by atoms with Crippen molar-refractivity contribution in [3.8, 4) is 6.07 Å².